The Bertz CT molecular complexity index is 762. The Hall–Kier alpha value is -1.74. The number of amides is 1. The van der Waals surface area contributed by atoms with Gasteiger partial charge in [-0.1, -0.05) is 12.1 Å². The van der Waals surface area contributed by atoms with Gasteiger partial charge in [0.2, 0.25) is 0 Å². The second kappa shape index (κ2) is 9.45. The predicted octanol–water partition coefficient (Wildman–Crippen LogP) is 1.17. The van der Waals surface area contributed by atoms with Gasteiger partial charge in [0.05, 0.1) is 17.3 Å². The van der Waals surface area contributed by atoms with Crippen molar-refractivity contribution in [3.05, 3.63) is 29.8 Å². The number of carbonyl (C=O) groups is 2. The van der Waals surface area contributed by atoms with E-state index in [0.717, 1.165) is 11.3 Å². The minimum Gasteiger partial charge on any atom is -0.455 e. The molecular weight excluding hydrogens is 388 g/mol. The SMILES string of the molecule is CN(Cc1ccc(N(C)C)cc1)C(=O)COC(=O)CS[C@@H]1CCS(=O)(=O)C1. The van der Waals surface area contributed by atoms with Gasteiger partial charge in [0.1, 0.15) is 0 Å². The van der Waals surface area contributed by atoms with Crippen molar-refractivity contribution in [1.82, 2.24) is 4.90 Å². The van der Waals surface area contributed by atoms with Gasteiger partial charge in [-0.05, 0) is 24.1 Å². The molecule has 1 heterocycles. The molecule has 9 heteroatoms. The van der Waals surface area contributed by atoms with Crippen molar-refractivity contribution in [3.63, 3.8) is 0 Å². The fraction of sp³-hybridized carbons (Fsp3) is 0.556. The molecule has 1 aliphatic rings. The highest BCUT2D eigenvalue weighted by Crippen LogP contribution is 2.24. The zero-order valence-corrected chi connectivity index (χ0v) is 17.5. The number of likely N-dealkylation sites (N-methyl/N-ethyl adjacent to an activating group) is 1. The van der Waals surface area contributed by atoms with Gasteiger partial charge in [-0.3, -0.25) is 9.59 Å². The zero-order chi connectivity index (χ0) is 20.0. The molecule has 1 atom stereocenters. The number of anilines is 1. The number of hydrogen-bond acceptors (Lipinski definition) is 7. The summed E-state index contributed by atoms with van der Waals surface area (Å²) in [4.78, 5) is 27.4. The standard InChI is InChI=1S/C18H26N2O5S2/c1-19(2)15-6-4-14(5-7-15)10-20(3)17(21)11-25-18(22)12-26-16-8-9-27(23,24)13-16/h4-7,16H,8-13H2,1-3H3/t16-/m1/s1. The average molecular weight is 415 g/mol. The molecule has 27 heavy (non-hydrogen) atoms. The third-order valence-electron chi connectivity index (χ3n) is 4.28. The van der Waals surface area contributed by atoms with Crippen LogP contribution in [0.5, 0.6) is 0 Å². The molecule has 1 amide bonds. The van der Waals surface area contributed by atoms with Gasteiger partial charge in [0.15, 0.2) is 16.4 Å². The maximum Gasteiger partial charge on any atom is 0.316 e. The summed E-state index contributed by atoms with van der Waals surface area (Å²) in [6.45, 7) is 0.118. The van der Waals surface area contributed by atoms with Crippen LogP contribution in [0.15, 0.2) is 24.3 Å². The molecule has 0 unspecified atom stereocenters. The molecule has 1 aliphatic heterocycles. The van der Waals surface area contributed by atoms with Crippen molar-refractivity contribution >= 4 is 39.2 Å². The molecule has 0 radical (unpaired) electrons. The first-order chi connectivity index (χ1) is 12.7. The monoisotopic (exact) mass is 414 g/mol. The van der Waals surface area contributed by atoms with Crippen molar-refractivity contribution in [1.29, 1.82) is 0 Å². The van der Waals surface area contributed by atoms with Crippen molar-refractivity contribution in [2.75, 3.05) is 49.9 Å². The van der Waals surface area contributed by atoms with Gasteiger partial charge in [-0.25, -0.2) is 8.42 Å². The van der Waals surface area contributed by atoms with Crippen molar-refractivity contribution < 1.29 is 22.7 Å². The topological polar surface area (TPSA) is 84.0 Å². The summed E-state index contributed by atoms with van der Waals surface area (Å²) in [6, 6.07) is 7.87. The van der Waals surface area contributed by atoms with Gasteiger partial charge in [0, 0.05) is 38.6 Å². The Balaban J connectivity index is 1.70. The van der Waals surface area contributed by atoms with E-state index < -0.39 is 15.8 Å². The van der Waals surface area contributed by atoms with E-state index in [2.05, 4.69) is 0 Å². The van der Waals surface area contributed by atoms with Crippen LogP contribution in [0.2, 0.25) is 0 Å². The third-order valence-corrected chi connectivity index (χ3v) is 7.54. The predicted molar refractivity (Wildman–Crippen MR) is 108 cm³/mol. The molecule has 0 aliphatic carbocycles. The Morgan fingerprint density at radius 3 is 2.41 bits per heavy atom. The molecule has 0 saturated carbocycles. The molecule has 1 saturated heterocycles. The summed E-state index contributed by atoms with van der Waals surface area (Å²) in [5.74, 6) is -0.434. The molecule has 1 fully saturated rings. The molecule has 0 aromatic heterocycles. The number of ether oxygens (including phenoxy) is 1. The highest BCUT2D eigenvalue weighted by atomic mass is 32.2. The maximum atomic E-state index is 12.1. The zero-order valence-electron chi connectivity index (χ0n) is 15.9. The van der Waals surface area contributed by atoms with Crippen molar-refractivity contribution in [3.8, 4) is 0 Å². The number of nitrogens with zero attached hydrogens (tertiary/aromatic N) is 2. The lowest BCUT2D eigenvalue weighted by molar-refractivity contribution is -0.149. The highest BCUT2D eigenvalue weighted by molar-refractivity contribution is 8.02. The van der Waals surface area contributed by atoms with Crippen LogP contribution in [0.1, 0.15) is 12.0 Å². The molecule has 0 N–H and O–H groups in total. The normalized spacial score (nSPS) is 18.1. The summed E-state index contributed by atoms with van der Waals surface area (Å²) in [7, 11) is 2.63. The first-order valence-electron chi connectivity index (χ1n) is 8.64. The van der Waals surface area contributed by atoms with Gasteiger partial charge in [0.25, 0.3) is 5.91 Å². The van der Waals surface area contributed by atoms with Gasteiger partial charge in [-0.15, -0.1) is 11.8 Å². The van der Waals surface area contributed by atoms with E-state index in [1.165, 1.54) is 16.7 Å². The number of esters is 1. The minimum atomic E-state index is -2.95. The Kier molecular flexibility index (Phi) is 7.55. The largest absolute Gasteiger partial charge is 0.455 e. The van der Waals surface area contributed by atoms with E-state index in [-0.39, 0.29) is 35.0 Å². The average Bonchev–Trinajstić information content (AvgIpc) is 2.97. The Morgan fingerprint density at radius 2 is 1.85 bits per heavy atom. The molecule has 2 rings (SSSR count). The lowest BCUT2D eigenvalue weighted by Gasteiger charge is -2.18. The summed E-state index contributed by atoms with van der Waals surface area (Å²) < 4.78 is 27.8. The van der Waals surface area contributed by atoms with Crippen LogP contribution in [-0.2, 0) is 30.7 Å². The number of rotatable bonds is 8. The molecule has 1 aromatic rings. The number of carbonyl (C=O) groups excluding carboxylic acids is 2. The van der Waals surface area contributed by atoms with E-state index in [1.807, 2.05) is 43.3 Å². The van der Waals surface area contributed by atoms with E-state index in [9.17, 15) is 18.0 Å². The molecule has 150 valence electrons. The molecule has 7 nitrogen and oxygen atoms in total. The number of benzene rings is 1. The number of thioether (sulfide) groups is 1. The van der Waals surface area contributed by atoms with Crippen LogP contribution >= 0.6 is 11.8 Å². The summed E-state index contributed by atoms with van der Waals surface area (Å²) in [5.41, 5.74) is 2.06. The third kappa shape index (κ3) is 7.06. The van der Waals surface area contributed by atoms with Crippen LogP contribution in [0.25, 0.3) is 0 Å². The second-order valence-corrected chi connectivity index (χ2v) is 10.3. The van der Waals surface area contributed by atoms with Crippen LogP contribution in [-0.4, -0.2) is 75.5 Å². The minimum absolute atomic E-state index is 0.0587. The summed E-state index contributed by atoms with van der Waals surface area (Å²) in [5, 5.41) is -0.0638. The fourth-order valence-corrected chi connectivity index (χ4v) is 6.07. The second-order valence-electron chi connectivity index (χ2n) is 6.81. The molecule has 0 spiro atoms. The Labute approximate surface area is 165 Å². The van der Waals surface area contributed by atoms with Crippen LogP contribution in [0.4, 0.5) is 5.69 Å². The lowest BCUT2D eigenvalue weighted by Crippen LogP contribution is -2.31. The van der Waals surface area contributed by atoms with E-state index in [4.69, 9.17) is 4.74 Å². The van der Waals surface area contributed by atoms with Crippen LogP contribution in [0.3, 0.4) is 0 Å². The van der Waals surface area contributed by atoms with Crippen molar-refractivity contribution in [2.45, 2.75) is 18.2 Å². The highest BCUT2D eigenvalue weighted by Gasteiger charge is 2.28. The molecule has 0 bridgehead atoms. The van der Waals surface area contributed by atoms with E-state index in [0.29, 0.717) is 13.0 Å². The first-order valence-corrected chi connectivity index (χ1v) is 11.5. The van der Waals surface area contributed by atoms with Gasteiger partial charge < -0.3 is 14.5 Å². The quantitative estimate of drug-likeness (QED) is 0.591. The van der Waals surface area contributed by atoms with Gasteiger partial charge in [-0.2, -0.15) is 0 Å². The summed E-state index contributed by atoms with van der Waals surface area (Å²) in [6.07, 6.45) is 0.564. The van der Waals surface area contributed by atoms with Gasteiger partial charge >= 0.3 is 5.97 Å². The smallest absolute Gasteiger partial charge is 0.316 e. The first kappa shape index (κ1) is 21.6. The van der Waals surface area contributed by atoms with Crippen molar-refractivity contribution in [2.24, 2.45) is 0 Å². The van der Waals surface area contributed by atoms with Crippen LogP contribution in [0, 0.1) is 0 Å². The number of sulfone groups is 1. The van der Waals surface area contributed by atoms with E-state index >= 15 is 0 Å². The molecule has 1 aromatic carbocycles. The maximum absolute atomic E-state index is 12.1. The van der Waals surface area contributed by atoms with Crippen LogP contribution < -0.4 is 4.90 Å². The molecular formula is C18H26N2O5S2. The Morgan fingerprint density at radius 1 is 1.19 bits per heavy atom. The lowest BCUT2D eigenvalue weighted by atomic mass is 10.2. The number of hydrogen-bond donors (Lipinski definition) is 0. The van der Waals surface area contributed by atoms with E-state index in [1.54, 1.807) is 7.05 Å². The fourth-order valence-electron chi connectivity index (χ4n) is 2.63. The summed E-state index contributed by atoms with van der Waals surface area (Å²) >= 11 is 1.28.